The Morgan fingerprint density at radius 3 is 2.49 bits per heavy atom. The van der Waals surface area contributed by atoms with Crippen molar-refractivity contribution in [3.8, 4) is 5.75 Å². The van der Waals surface area contributed by atoms with Gasteiger partial charge >= 0.3 is 11.7 Å². The van der Waals surface area contributed by atoms with Crippen molar-refractivity contribution in [2.45, 2.75) is 22.5 Å². The van der Waals surface area contributed by atoms with Crippen LogP contribution in [0.1, 0.15) is 18.1 Å². The molecule has 1 aliphatic heterocycles. The first-order valence-corrected chi connectivity index (χ1v) is 13.6. The molecule has 0 aliphatic carbocycles. The fraction of sp³-hybridized carbons (Fsp3) is 0.0833. The van der Waals surface area contributed by atoms with E-state index >= 15 is 0 Å². The van der Waals surface area contributed by atoms with Gasteiger partial charge in [0.15, 0.2) is 9.84 Å². The van der Waals surface area contributed by atoms with E-state index in [-0.39, 0.29) is 31.2 Å². The number of anilines is 1. The molecule has 0 atom stereocenters. The van der Waals surface area contributed by atoms with Crippen LogP contribution in [0.3, 0.4) is 0 Å². The highest BCUT2D eigenvalue weighted by Gasteiger charge is 2.26. The first-order chi connectivity index (χ1) is 17.4. The van der Waals surface area contributed by atoms with Crippen molar-refractivity contribution in [2.75, 3.05) is 5.32 Å². The van der Waals surface area contributed by atoms with Crippen molar-refractivity contribution in [2.24, 2.45) is 0 Å². The Kier molecular flexibility index (Phi) is 7.60. The number of nitro benzene ring substituents is 1. The number of benzene rings is 3. The zero-order valence-electron chi connectivity index (χ0n) is 18.9. The first kappa shape index (κ1) is 26.7. The third-order valence-electron chi connectivity index (χ3n) is 5.13. The maximum absolute atomic E-state index is 13.1. The van der Waals surface area contributed by atoms with Gasteiger partial charge in [-0.1, -0.05) is 47.1 Å². The summed E-state index contributed by atoms with van der Waals surface area (Å²) in [7, 11) is -3.84. The summed E-state index contributed by atoms with van der Waals surface area (Å²) in [6, 6.07) is 12.9. The lowest BCUT2D eigenvalue weighted by Gasteiger charge is -2.19. The van der Waals surface area contributed by atoms with Gasteiger partial charge in [0.25, 0.3) is 5.91 Å². The predicted octanol–water partition coefficient (Wildman–Crippen LogP) is 5.89. The molecule has 0 spiro atoms. The van der Waals surface area contributed by atoms with Crippen LogP contribution in [0, 0.1) is 10.1 Å². The normalized spacial score (nSPS) is 14.1. The van der Waals surface area contributed by atoms with Crippen LogP contribution in [-0.4, -0.2) is 25.2 Å². The van der Waals surface area contributed by atoms with E-state index in [2.05, 4.69) is 5.32 Å². The lowest BCUT2D eigenvalue weighted by Crippen LogP contribution is -2.17. The number of carbonyl (C=O) groups is 2. The second-order valence-electron chi connectivity index (χ2n) is 7.76. The number of sulfone groups is 1. The number of hydrogen-bond acceptors (Lipinski definition) is 8. The summed E-state index contributed by atoms with van der Waals surface area (Å²) in [5.41, 5.74) is 0.556. The number of fused-ring (bicyclic) bond motifs is 1. The molecule has 0 aromatic heterocycles. The molecule has 0 fully saturated rings. The summed E-state index contributed by atoms with van der Waals surface area (Å²) < 4.78 is 31.1. The van der Waals surface area contributed by atoms with Gasteiger partial charge in [-0.15, -0.1) is 0 Å². The van der Waals surface area contributed by atoms with Crippen molar-refractivity contribution >= 4 is 74.1 Å². The SMILES string of the molecule is CC(=O)Oc1ccc(/C=C2\Sc3cc(S(=O)(=O)Cc4c(Cl)cccc4Cl)ccc3NC2=O)cc1[N+](=O)[O-]. The number of hydrogen-bond donors (Lipinski definition) is 1. The number of rotatable bonds is 6. The molecular formula is C24H16Cl2N2O7S2. The Labute approximate surface area is 225 Å². The molecule has 9 nitrogen and oxygen atoms in total. The van der Waals surface area contributed by atoms with E-state index in [1.165, 1.54) is 42.5 Å². The van der Waals surface area contributed by atoms with Crippen LogP contribution in [0.25, 0.3) is 6.08 Å². The predicted molar refractivity (Wildman–Crippen MR) is 141 cm³/mol. The minimum Gasteiger partial charge on any atom is -0.419 e. The standard InChI is InChI=1S/C24H16Cl2N2O7S2/c1-13(29)35-21-8-5-14(9-20(21)28(31)32)10-23-24(30)27-19-7-6-15(11-22(19)36-23)37(33,34)12-16-17(25)3-2-4-18(16)26/h2-11H,12H2,1H3,(H,27,30)/b23-10-. The molecule has 0 saturated heterocycles. The molecule has 0 bridgehead atoms. The largest absolute Gasteiger partial charge is 0.419 e. The third-order valence-corrected chi connectivity index (χ3v) is 8.56. The molecule has 3 aromatic carbocycles. The Morgan fingerprint density at radius 2 is 1.84 bits per heavy atom. The summed E-state index contributed by atoms with van der Waals surface area (Å²) in [5, 5.41) is 14.6. The third kappa shape index (κ3) is 5.96. The van der Waals surface area contributed by atoms with E-state index in [4.69, 9.17) is 27.9 Å². The summed E-state index contributed by atoms with van der Waals surface area (Å²) in [6.07, 6.45) is 1.41. The maximum Gasteiger partial charge on any atom is 0.312 e. The Morgan fingerprint density at radius 1 is 1.14 bits per heavy atom. The lowest BCUT2D eigenvalue weighted by atomic mass is 10.1. The minimum absolute atomic E-state index is 0.00612. The van der Waals surface area contributed by atoms with Crippen LogP contribution in [0.5, 0.6) is 5.75 Å². The van der Waals surface area contributed by atoms with Crippen molar-refractivity contribution < 1.29 is 27.7 Å². The highest BCUT2D eigenvalue weighted by Crippen LogP contribution is 2.41. The molecule has 190 valence electrons. The van der Waals surface area contributed by atoms with Gasteiger partial charge in [0, 0.05) is 33.5 Å². The number of nitrogens with zero attached hydrogens (tertiary/aromatic N) is 1. The average Bonchev–Trinajstić information content (AvgIpc) is 2.82. The quantitative estimate of drug-likeness (QED) is 0.126. The molecule has 0 unspecified atom stereocenters. The number of esters is 1. The Hall–Kier alpha value is -3.38. The zero-order valence-corrected chi connectivity index (χ0v) is 22.0. The highest BCUT2D eigenvalue weighted by molar-refractivity contribution is 8.04. The summed E-state index contributed by atoms with van der Waals surface area (Å²) in [5.74, 6) is -1.82. The van der Waals surface area contributed by atoms with E-state index in [1.807, 2.05) is 0 Å². The minimum atomic E-state index is -3.84. The van der Waals surface area contributed by atoms with E-state index in [1.54, 1.807) is 18.2 Å². The molecule has 13 heteroatoms. The van der Waals surface area contributed by atoms with Crippen LogP contribution < -0.4 is 10.1 Å². The van der Waals surface area contributed by atoms with E-state index in [0.717, 1.165) is 18.7 Å². The molecule has 3 aromatic rings. The zero-order chi connectivity index (χ0) is 26.9. The van der Waals surface area contributed by atoms with E-state index in [9.17, 15) is 28.1 Å². The summed E-state index contributed by atoms with van der Waals surface area (Å²) in [4.78, 5) is 35.2. The van der Waals surface area contributed by atoms with Crippen LogP contribution in [0.4, 0.5) is 11.4 Å². The van der Waals surface area contributed by atoms with Gasteiger partial charge < -0.3 is 10.1 Å². The van der Waals surface area contributed by atoms with Gasteiger partial charge in [0.2, 0.25) is 5.75 Å². The summed E-state index contributed by atoms with van der Waals surface area (Å²) in [6.45, 7) is 1.12. The van der Waals surface area contributed by atoms with Gasteiger partial charge in [-0.05, 0) is 48.0 Å². The van der Waals surface area contributed by atoms with Gasteiger partial charge in [-0.25, -0.2) is 8.42 Å². The number of ether oxygens (including phenoxy) is 1. The van der Waals surface area contributed by atoms with Crippen molar-refractivity contribution in [1.82, 2.24) is 0 Å². The molecule has 0 radical (unpaired) electrons. The smallest absolute Gasteiger partial charge is 0.312 e. The number of carbonyl (C=O) groups excluding carboxylic acids is 2. The number of nitro groups is 1. The number of amides is 1. The van der Waals surface area contributed by atoms with Gasteiger partial charge in [0.1, 0.15) is 0 Å². The number of halogens is 2. The average molecular weight is 579 g/mol. The monoisotopic (exact) mass is 578 g/mol. The molecule has 1 heterocycles. The van der Waals surface area contributed by atoms with Gasteiger partial charge in [-0.2, -0.15) is 0 Å². The Bertz CT molecular complexity index is 1580. The second kappa shape index (κ2) is 10.5. The molecule has 1 amide bonds. The van der Waals surface area contributed by atoms with Crippen molar-refractivity contribution in [3.63, 3.8) is 0 Å². The lowest BCUT2D eigenvalue weighted by molar-refractivity contribution is -0.385. The Balaban J connectivity index is 1.65. The van der Waals surface area contributed by atoms with Crippen molar-refractivity contribution in [3.05, 3.63) is 90.8 Å². The van der Waals surface area contributed by atoms with Crippen LogP contribution >= 0.6 is 35.0 Å². The van der Waals surface area contributed by atoms with Gasteiger partial charge in [-0.3, -0.25) is 19.7 Å². The first-order valence-electron chi connectivity index (χ1n) is 10.4. The van der Waals surface area contributed by atoms with E-state index in [0.29, 0.717) is 16.1 Å². The second-order valence-corrected chi connectivity index (χ2v) is 11.6. The van der Waals surface area contributed by atoms with Crippen LogP contribution in [-0.2, 0) is 25.2 Å². The van der Waals surface area contributed by atoms with Gasteiger partial charge in [0.05, 0.1) is 26.2 Å². The fourth-order valence-electron chi connectivity index (χ4n) is 3.43. The molecule has 1 aliphatic rings. The molecule has 0 saturated carbocycles. The van der Waals surface area contributed by atoms with Crippen LogP contribution in [0.15, 0.2) is 69.3 Å². The molecule has 37 heavy (non-hydrogen) atoms. The highest BCUT2D eigenvalue weighted by atomic mass is 35.5. The van der Waals surface area contributed by atoms with Crippen molar-refractivity contribution in [1.29, 1.82) is 0 Å². The molecular weight excluding hydrogens is 563 g/mol. The van der Waals surface area contributed by atoms with E-state index < -0.39 is 38.1 Å². The summed E-state index contributed by atoms with van der Waals surface area (Å²) >= 11 is 13.3. The van der Waals surface area contributed by atoms with Crippen LogP contribution in [0.2, 0.25) is 10.0 Å². The topological polar surface area (TPSA) is 133 Å². The number of thioether (sulfide) groups is 1. The molecule has 1 N–H and O–H groups in total. The maximum atomic E-state index is 13.1. The fourth-order valence-corrected chi connectivity index (χ4v) is 6.62. The number of nitrogens with one attached hydrogen (secondary N) is 1. The molecule has 4 rings (SSSR count).